The van der Waals surface area contributed by atoms with Crippen molar-refractivity contribution in [2.45, 2.75) is 39.3 Å². The van der Waals surface area contributed by atoms with Crippen molar-refractivity contribution in [3.8, 4) is 0 Å². The van der Waals surface area contributed by atoms with Gasteiger partial charge in [-0.3, -0.25) is 4.98 Å². The number of pyridine rings is 1. The van der Waals surface area contributed by atoms with Crippen LogP contribution in [0.4, 0.5) is 0 Å². The van der Waals surface area contributed by atoms with Gasteiger partial charge < -0.3 is 5.32 Å². The number of rotatable bonds is 3. The molecule has 1 aromatic heterocycles. The fourth-order valence-electron chi connectivity index (χ4n) is 3.30. The zero-order valence-corrected chi connectivity index (χ0v) is 13.5. The monoisotopic (exact) mass is 300 g/mol. The highest BCUT2D eigenvalue weighted by Gasteiger charge is 2.39. The van der Waals surface area contributed by atoms with Crippen molar-refractivity contribution in [3.63, 3.8) is 0 Å². The lowest BCUT2D eigenvalue weighted by Gasteiger charge is -2.31. The van der Waals surface area contributed by atoms with E-state index in [1.165, 1.54) is 16.7 Å². The average molecular weight is 301 g/mol. The minimum atomic E-state index is 0.184. The number of halogens is 1. The molecule has 0 bridgehead atoms. The van der Waals surface area contributed by atoms with Gasteiger partial charge in [-0.2, -0.15) is 0 Å². The normalized spacial score (nSPS) is 21.0. The SMILES string of the molecule is CC(NC1c2cc(Cl)ccc2CC1(C)C)c1cccnc1. The van der Waals surface area contributed by atoms with E-state index < -0.39 is 0 Å². The van der Waals surface area contributed by atoms with Crippen LogP contribution in [-0.4, -0.2) is 4.98 Å². The molecule has 3 rings (SSSR count). The van der Waals surface area contributed by atoms with Gasteiger partial charge in [0.2, 0.25) is 0 Å². The highest BCUT2D eigenvalue weighted by molar-refractivity contribution is 6.30. The maximum atomic E-state index is 6.20. The summed E-state index contributed by atoms with van der Waals surface area (Å²) in [7, 11) is 0. The van der Waals surface area contributed by atoms with Crippen molar-refractivity contribution >= 4 is 11.6 Å². The molecule has 1 aromatic carbocycles. The van der Waals surface area contributed by atoms with Crippen LogP contribution in [0, 0.1) is 5.41 Å². The quantitative estimate of drug-likeness (QED) is 0.888. The van der Waals surface area contributed by atoms with E-state index in [-0.39, 0.29) is 11.5 Å². The number of nitrogens with zero attached hydrogens (tertiary/aromatic N) is 1. The van der Waals surface area contributed by atoms with Gasteiger partial charge in [0.05, 0.1) is 0 Å². The largest absolute Gasteiger partial charge is 0.303 e. The lowest BCUT2D eigenvalue weighted by atomic mass is 9.84. The number of hydrogen-bond acceptors (Lipinski definition) is 2. The molecule has 0 amide bonds. The van der Waals surface area contributed by atoms with Crippen molar-refractivity contribution in [2.75, 3.05) is 0 Å². The summed E-state index contributed by atoms with van der Waals surface area (Å²) in [5.41, 5.74) is 4.14. The molecule has 110 valence electrons. The van der Waals surface area contributed by atoms with E-state index in [9.17, 15) is 0 Å². The highest BCUT2D eigenvalue weighted by atomic mass is 35.5. The van der Waals surface area contributed by atoms with Gasteiger partial charge in [-0.15, -0.1) is 0 Å². The van der Waals surface area contributed by atoms with E-state index in [4.69, 9.17) is 11.6 Å². The third-order valence-corrected chi connectivity index (χ3v) is 4.68. The Morgan fingerprint density at radius 3 is 2.86 bits per heavy atom. The molecule has 2 nitrogen and oxygen atoms in total. The Labute approximate surface area is 131 Å². The molecular formula is C18H21ClN2. The molecule has 0 saturated carbocycles. The van der Waals surface area contributed by atoms with Crippen molar-refractivity contribution in [1.29, 1.82) is 0 Å². The predicted octanol–water partition coefficient (Wildman–Crippen LogP) is 4.71. The second-order valence-electron chi connectivity index (χ2n) is 6.62. The second-order valence-corrected chi connectivity index (χ2v) is 7.05. The van der Waals surface area contributed by atoms with Crippen LogP contribution in [0.3, 0.4) is 0 Å². The van der Waals surface area contributed by atoms with E-state index in [2.05, 4.69) is 49.3 Å². The van der Waals surface area contributed by atoms with E-state index >= 15 is 0 Å². The van der Waals surface area contributed by atoms with Gasteiger partial charge in [-0.1, -0.05) is 37.6 Å². The van der Waals surface area contributed by atoms with E-state index in [1.54, 1.807) is 0 Å². The van der Waals surface area contributed by atoms with Gasteiger partial charge in [0.15, 0.2) is 0 Å². The maximum absolute atomic E-state index is 6.20. The lowest BCUT2D eigenvalue weighted by molar-refractivity contribution is 0.252. The average Bonchev–Trinajstić information content (AvgIpc) is 2.71. The smallest absolute Gasteiger partial charge is 0.0409 e. The summed E-state index contributed by atoms with van der Waals surface area (Å²) in [6, 6.07) is 10.9. The molecule has 0 radical (unpaired) electrons. The third-order valence-electron chi connectivity index (χ3n) is 4.45. The Balaban J connectivity index is 1.89. The first-order chi connectivity index (χ1) is 9.97. The Morgan fingerprint density at radius 1 is 1.33 bits per heavy atom. The van der Waals surface area contributed by atoms with Crippen LogP contribution in [0.2, 0.25) is 5.02 Å². The summed E-state index contributed by atoms with van der Waals surface area (Å²) in [4.78, 5) is 4.21. The summed E-state index contributed by atoms with van der Waals surface area (Å²) in [5.74, 6) is 0. The summed E-state index contributed by atoms with van der Waals surface area (Å²) in [6.07, 6.45) is 4.82. The summed E-state index contributed by atoms with van der Waals surface area (Å²) >= 11 is 6.20. The van der Waals surface area contributed by atoms with Gasteiger partial charge in [0.1, 0.15) is 0 Å². The molecular weight excluding hydrogens is 280 g/mol. The standard InChI is InChI=1S/C18H21ClN2/c1-12(14-5-4-8-20-11-14)21-17-16-9-15(19)7-6-13(16)10-18(17,2)3/h4-9,11-12,17,21H,10H2,1-3H3. The Morgan fingerprint density at radius 2 is 2.14 bits per heavy atom. The molecule has 1 aliphatic carbocycles. The van der Waals surface area contributed by atoms with Crippen LogP contribution < -0.4 is 5.32 Å². The molecule has 2 aromatic rings. The first kappa shape index (κ1) is 14.6. The maximum Gasteiger partial charge on any atom is 0.0409 e. The summed E-state index contributed by atoms with van der Waals surface area (Å²) in [6.45, 7) is 6.82. The van der Waals surface area contributed by atoms with Crippen molar-refractivity contribution in [1.82, 2.24) is 10.3 Å². The van der Waals surface area contributed by atoms with Crippen molar-refractivity contribution in [3.05, 3.63) is 64.4 Å². The first-order valence-electron chi connectivity index (χ1n) is 7.42. The molecule has 21 heavy (non-hydrogen) atoms. The molecule has 0 aliphatic heterocycles. The number of aromatic nitrogens is 1. The Hall–Kier alpha value is -1.38. The summed E-state index contributed by atoms with van der Waals surface area (Å²) < 4.78 is 0. The summed E-state index contributed by atoms with van der Waals surface area (Å²) in [5, 5.41) is 4.58. The van der Waals surface area contributed by atoms with Crippen LogP contribution in [0.15, 0.2) is 42.7 Å². The molecule has 2 unspecified atom stereocenters. The fourth-order valence-corrected chi connectivity index (χ4v) is 3.48. The van der Waals surface area contributed by atoms with Crippen molar-refractivity contribution in [2.24, 2.45) is 5.41 Å². The van der Waals surface area contributed by atoms with Gasteiger partial charge in [0.25, 0.3) is 0 Å². The Bertz CT molecular complexity index is 637. The molecule has 0 spiro atoms. The van der Waals surface area contributed by atoms with E-state index in [0.29, 0.717) is 6.04 Å². The van der Waals surface area contributed by atoms with Gasteiger partial charge in [-0.25, -0.2) is 0 Å². The molecule has 3 heteroatoms. The van der Waals surface area contributed by atoms with Gasteiger partial charge in [-0.05, 0) is 53.6 Å². The van der Waals surface area contributed by atoms with Gasteiger partial charge in [0, 0.05) is 29.5 Å². The van der Waals surface area contributed by atoms with E-state index in [0.717, 1.165) is 11.4 Å². The fraction of sp³-hybridized carbons (Fsp3) is 0.389. The minimum Gasteiger partial charge on any atom is -0.303 e. The number of fused-ring (bicyclic) bond motifs is 1. The molecule has 2 atom stereocenters. The molecule has 1 aliphatic rings. The lowest BCUT2D eigenvalue weighted by Crippen LogP contribution is -2.33. The third kappa shape index (κ3) is 2.83. The van der Waals surface area contributed by atoms with Gasteiger partial charge >= 0.3 is 0 Å². The molecule has 1 heterocycles. The van der Waals surface area contributed by atoms with Crippen LogP contribution in [0.25, 0.3) is 0 Å². The minimum absolute atomic E-state index is 0.184. The van der Waals surface area contributed by atoms with Crippen molar-refractivity contribution < 1.29 is 0 Å². The Kier molecular flexibility index (Phi) is 3.76. The topological polar surface area (TPSA) is 24.9 Å². The van der Waals surface area contributed by atoms with E-state index in [1.807, 2.05) is 24.5 Å². The number of benzene rings is 1. The highest BCUT2D eigenvalue weighted by Crippen LogP contribution is 2.46. The van der Waals surface area contributed by atoms with Crippen LogP contribution in [0.5, 0.6) is 0 Å². The predicted molar refractivity (Wildman–Crippen MR) is 87.5 cm³/mol. The van der Waals surface area contributed by atoms with Crippen LogP contribution >= 0.6 is 11.6 Å². The van der Waals surface area contributed by atoms with Crippen LogP contribution in [-0.2, 0) is 6.42 Å². The zero-order chi connectivity index (χ0) is 15.0. The molecule has 0 saturated heterocycles. The number of nitrogens with one attached hydrogen (secondary N) is 1. The first-order valence-corrected chi connectivity index (χ1v) is 7.79. The van der Waals surface area contributed by atoms with Crippen LogP contribution in [0.1, 0.15) is 49.5 Å². The second kappa shape index (κ2) is 5.43. The zero-order valence-electron chi connectivity index (χ0n) is 12.7. The molecule has 0 fully saturated rings. The number of hydrogen-bond donors (Lipinski definition) is 1. The molecule has 1 N–H and O–H groups in total.